The number of carbonyl (C=O) groups excluding carboxylic acids is 2. The van der Waals surface area contributed by atoms with Gasteiger partial charge < -0.3 is 35.3 Å². The third kappa shape index (κ3) is 4.93. The van der Waals surface area contributed by atoms with Crippen LogP contribution >= 0.6 is 0 Å². The first kappa shape index (κ1) is 24.2. The number of aromatic amines is 1. The Balaban J connectivity index is 1.41. The molecule has 186 valence electrons. The van der Waals surface area contributed by atoms with Gasteiger partial charge in [-0.1, -0.05) is 0 Å². The second kappa shape index (κ2) is 9.35. The zero-order valence-corrected chi connectivity index (χ0v) is 19.7. The van der Waals surface area contributed by atoms with Crippen molar-refractivity contribution in [1.82, 2.24) is 25.2 Å². The van der Waals surface area contributed by atoms with Crippen LogP contribution in [-0.2, 0) is 14.3 Å². The predicted octanol–water partition coefficient (Wildman–Crippen LogP) is 0.721. The molecule has 0 bridgehead atoms. The normalized spacial score (nSPS) is 29.8. The van der Waals surface area contributed by atoms with Crippen molar-refractivity contribution in [1.29, 1.82) is 0 Å². The van der Waals surface area contributed by atoms with Crippen molar-refractivity contribution >= 4 is 28.9 Å². The van der Waals surface area contributed by atoms with Gasteiger partial charge >= 0.3 is 6.09 Å². The van der Waals surface area contributed by atoms with Gasteiger partial charge in [-0.05, 0) is 46.6 Å². The Morgan fingerprint density at radius 3 is 2.76 bits per heavy atom. The van der Waals surface area contributed by atoms with Crippen LogP contribution in [0.1, 0.15) is 40.5 Å². The summed E-state index contributed by atoms with van der Waals surface area (Å²) in [6, 6.07) is 0.189. The minimum atomic E-state index is -1.35. The first-order chi connectivity index (χ1) is 16.0. The number of carbonyl (C=O) groups is 2. The number of nitrogens with zero attached hydrogens (tertiary/aromatic N) is 3. The summed E-state index contributed by atoms with van der Waals surface area (Å²) in [5, 5.41) is 27.3. The zero-order chi connectivity index (χ0) is 24.6. The van der Waals surface area contributed by atoms with Gasteiger partial charge in [0.25, 0.3) is 0 Å². The molecule has 0 radical (unpaired) electrons. The van der Waals surface area contributed by atoms with Gasteiger partial charge in [-0.15, -0.1) is 0 Å². The van der Waals surface area contributed by atoms with E-state index in [4.69, 9.17) is 9.47 Å². The number of likely N-dealkylation sites (tertiary alicyclic amines) is 1. The van der Waals surface area contributed by atoms with Crippen LogP contribution in [0.3, 0.4) is 0 Å². The maximum atomic E-state index is 13.0. The standard InChI is InChI=1S/C22H32N6O6/c1-11-14(26-19(31)13-6-5-9-28(13)21(32)34-22(2,3)4)16(29)17(30)20(33-11)27-18-15-12(7-8-23-15)24-10-25-18/h7-8,10-11,13-14,16-17,20,23,29-30H,5-6,9H2,1-4H3,(H,26,31)(H,24,25,27)/t11-,13+,14-,16+,17-,20-/m0/s1. The molecule has 0 aromatic carbocycles. The summed E-state index contributed by atoms with van der Waals surface area (Å²) in [6.45, 7) is 7.40. The largest absolute Gasteiger partial charge is 0.444 e. The highest BCUT2D eigenvalue weighted by Gasteiger charge is 2.45. The average molecular weight is 477 g/mol. The third-order valence-corrected chi connectivity index (χ3v) is 6.01. The van der Waals surface area contributed by atoms with Crippen molar-refractivity contribution in [3.8, 4) is 0 Å². The Labute approximate surface area is 197 Å². The molecule has 2 aliphatic heterocycles. The van der Waals surface area contributed by atoms with Gasteiger partial charge in [-0.3, -0.25) is 9.69 Å². The highest BCUT2D eigenvalue weighted by atomic mass is 16.6. The van der Waals surface area contributed by atoms with Crippen LogP contribution in [0.25, 0.3) is 11.0 Å². The highest BCUT2D eigenvalue weighted by Crippen LogP contribution is 2.26. The van der Waals surface area contributed by atoms with Crippen LogP contribution < -0.4 is 10.6 Å². The number of ether oxygens (including phenoxy) is 2. The molecule has 4 rings (SSSR count). The van der Waals surface area contributed by atoms with Crippen molar-refractivity contribution in [2.75, 3.05) is 11.9 Å². The van der Waals surface area contributed by atoms with E-state index in [1.807, 2.05) is 0 Å². The van der Waals surface area contributed by atoms with E-state index in [2.05, 4.69) is 25.6 Å². The van der Waals surface area contributed by atoms with Gasteiger partial charge in [-0.25, -0.2) is 14.8 Å². The maximum Gasteiger partial charge on any atom is 0.410 e. The first-order valence-corrected chi connectivity index (χ1v) is 11.4. The highest BCUT2D eigenvalue weighted by molar-refractivity contribution is 5.87. The summed E-state index contributed by atoms with van der Waals surface area (Å²) in [7, 11) is 0. The summed E-state index contributed by atoms with van der Waals surface area (Å²) in [5.74, 6) is -0.00902. The van der Waals surface area contributed by atoms with Gasteiger partial charge in [0.1, 0.15) is 35.7 Å². The fourth-order valence-corrected chi connectivity index (χ4v) is 4.34. The first-order valence-electron chi connectivity index (χ1n) is 11.4. The molecule has 12 heteroatoms. The summed E-state index contributed by atoms with van der Waals surface area (Å²) < 4.78 is 11.3. The van der Waals surface area contributed by atoms with Crippen molar-refractivity contribution in [3.63, 3.8) is 0 Å². The van der Waals surface area contributed by atoms with E-state index in [9.17, 15) is 19.8 Å². The van der Waals surface area contributed by atoms with E-state index in [1.165, 1.54) is 11.2 Å². The van der Waals surface area contributed by atoms with Crippen LogP contribution in [0.5, 0.6) is 0 Å². The molecule has 0 spiro atoms. The van der Waals surface area contributed by atoms with Gasteiger partial charge in [-0.2, -0.15) is 0 Å². The second-order valence-electron chi connectivity index (χ2n) is 9.71. The van der Waals surface area contributed by atoms with Crippen LogP contribution in [0.2, 0.25) is 0 Å². The molecule has 2 aromatic rings. The van der Waals surface area contributed by atoms with Crippen molar-refractivity contribution in [2.24, 2.45) is 0 Å². The number of hydrogen-bond acceptors (Lipinski definition) is 9. The minimum absolute atomic E-state index is 0.410. The molecule has 2 aliphatic rings. The van der Waals surface area contributed by atoms with E-state index in [-0.39, 0.29) is 0 Å². The quantitative estimate of drug-likeness (QED) is 0.428. The van der Waals surface area contributed by atoms with E-state index in [0.717, 1.165) is 0 Å². The number of aliphatic hydroxyl groups excluding tert-OH is 2. The zero-order valence-electron chi connectivity index (χ0n) is 19.7. The summed E-state index contributed by atoms with van der Waals surface area (Å²) >= 11 is 0. The molecule has 12 nitrogen and oxygen atoms in total. The number of fused-ring (bicyclic) bond motifs is 1. The van der Waals surface area contributed by atoms with Gasteiger partial charge in [0.05, 0.1) is 17.7 Å². The molecule has 2 saturated heterocycles. The lowest BCUT2D eigenvalue weighted by molar-refractivity contribution is -0.173. The van der Waals surface area contributed by atoms with Crippen molar-refractivity contribution < 1.29 is 29.3 Å². The molecule has 5 N–H and O–H groups in total. The van der Waals surface area contributed by atoms with Crippen LogP contribution in [0.15, 0.2) is 18.6 Å². The number of H-pyrrole nitrogens is 1. The second-order valence-corrected chi connectivity index (χ2v) is 9.71. The fourth-order valence-electron chi connectivity index (χ4n) is 4.34. The maximum absolute atomic E-state index is 13.0. The lowest BCUT2D eigenvalue weighted by atomic mass is 9.95. The predicted molar refractivity (Wildman–Crippen MR) is 122 cm³/mol. The van der Waals surface area contributed by atoms with E-state index >= 15 is 0 Å². The smallest absolute Gasteiger partial charge is 0.410 e. The minimum Gasteiger partial charge on any atom is -0.444 e. The monoisotopic (exact) mass is 476 g/mol. The Morgan fingerprint density at radius 2 is 2.03 bits per heavy atom. The molecule has 2 amide bonds. The lowest BCUT2D eigenvalue weighted by Crippen LogP contribution is -2.65. The Morgan fingerprint density at radius 1 is 1.26 bits per heavy atom. The molecule has 2 aromatic heterocycles. The summed E-state index contributed by atoms with van der Waals surface area (Å²) in [4.78, 5) is 38.3. The number of nitrogens with one attached hydrogen (secondary N) is 3. The number of anilines is 1. The molecule has 2 fully saturated rings. The summed E-state index contributed by atoms with van der Waals surface area (Å²) in [5.41, 5.74) is 0.649. The van der Waals surface area contributed by atoms with Crippen molar-refractivity contribution in [3.05, 3.63) is 18.6 Å². The van der Waals surface area contributed by atoms with Gasteiger partial charge in [0, 0.05) is 12.7 Å². The SMILES string of the molecule is C[C@@H]1O[C@H](Nc2ncnc3cc[nH]c23)[C@@H](O)[C@H](O)[C@H]1NC(=O)[C@H]1CCCN1C(=O)OC(C)(C)C. The molecule has 34 heavy (non-hydrogen) atoms. The van der Waals surface area contributed by atoms with E-state index < -0.39 is 54.2 Å². The molecule has 4 heterocycles. The number of aromatic nitrogens is 3. The summed E-state index contributed by atoms with van der Waals surface area (Å²) in [6.07, 6.45) is -0.587. The van der Waals surface area contributed by atoms with Crippen LogP contribution in [0.4, 0.5) is 10.6 Å². The fraction of sp³-hybridized carbons (Fsp3) is 0.636. The van der Waals surface area contributed by atoms with Crippen LogP contribution in [0, 0.1) is 0 Å². The molecule has 6 atom stereocenters. The lowest BCUT2D eigenvalue weighted by Gasteiger charge is -2.42. The van der Waals surface area contributed by atoms with Crippen LogP contribution in [-0.4, -0.2) is 90.8 Å². The number of rotatable bonds is 4. The average Bonchev–Trinajstić information content (AvgIpc) is 3.43. The molecule has 0 saturated carbocycles. The topological polar surface area (TPSA) is 162 Å². The van der Waals surface area contributed by atoms with Gasteiger partial charge in [0.2, 0.25) is 5.91 Å². The molecular formula is C22H32N6O6. The number of hydrogen-bond donors (Lipinski definition) is 5. The number of aliphatic hydroxyl groups is 2. The third-order valence-electron chi connectivity index (χ3n) is 6.01. The molecule has 0 unspecified atom stereocenters. The van der Waals surface area contributed by atoms with E-state index in [0.29, 0.717) is 36.2 Å². The molecule has 0 aliphatic carbocycles. The Bertz CT molecular complexity index is 1040. The molecular weight excluding hydrogens is 444 g/mol. The Hall–Kier alpha value is -2.96. The Kier molecular flexibility index (Phi) is 6.65. The van der Waals surface area contributed by atoms with Crippen molar-refractivity contribution in [2.45, 2.75) is 82.8 Å². The van der Waals surface area contributed by atoms with Gasteiger partial charge in [0.15, 0.2) is 12.0 Å². The van der Waals surface area contributed by atoms with E-state index in [1.54, 1.807) is 40.0 Å². The number of amides is 2.